The fraction of sp³-hybridized carbons (Fsp3) is 0.417. The summed E-state index contributed by atoms with van der Waals surface area (Å²) in [6.07, 6.45) is 1.76. The van der Waals surface area contributed by atoms with Gasteiger partial charge in [-0.25, -0.2) is 4.98 Å². The number of hydrogen-bond donors (Lipinski definition) is 1. The van der Waals surface area contributed by atoms with E-state index in [-0.39, 0.29) is 18.2 Å². The molecule has 0 spiro atoms. The number of rotatable bonds is 5. The minimum Gasteiger partial charge on any atom is -0.493 e. The van der Waals surface area contributed by atoms with Gasteiger partial charge in [0, 0.05) is 11.4 Å². The molecule has 7 heteroatoms. The fourth-order valence-corrected chi connectivity index (χ4v) is 2.37. The van der Waals surface area contributed by atoms with Gasteiger partial charge in [-0.15, -0.1) is 11.3 Å². The topological polar surface area (TPSA) is 83.0 Å². The van der Waals surface area contributed by atoms with Crippen LogP contribution in [0.2, 0.25) is 0 Å². The average Bonchev–Trinajstić information content (AvgIpc) is 2.94. The largest absolute Gasteiger partial charge is 0.493 e. The molecule has 2 rings (SSSR count). The Labute approximate surface area is 115 Å². The summed E-state index contributed by atoms with van der Waals surface area (Å²) in [6.45, 7) is 3.92. The first kappa shape index (κ1) is 13.5. The molecule has 0 aromatic carbocycles. The Bertz CT molecular complexity index is 588. The van der Waals surface area contributed by atoms with Crippen molar-refractivity contribution in [3.05, 3.63) is 23.0 Å². The van der Waals surface area contributed by atoms with Crippen LogP contribution in [-0.4, -0.2) is 27.7 Å². The molecule has 0 aliphatic carbocycles. The second-order valence-corrected chi connectivity index (χ2v) is 5.27. The highest BCUT2D eigenvalue weighted by Crippen LogP contribution is 2.23. The molecule has 2 aromatic rings. The van der Waals surface area contributed by atoms with Crippen LogP contribution in [0, 0.1) is 0 Å². The van der Waals surface area contributed by atoms with Crippen LogP contribution in [-0.2, 0) is 6.42 Å². The molecule has 2 N–H and O–H groups in total. The van der Waals surface area contributed by atoms with E-state index in [2.05, 4.69) is 10.1 Å². The van der Waals surface area contributed by atoms with Gasteiger partial charge in [0.25, 0.3) is 0 Å². The number of methoxy groups -OCH3 is 1. The van der Waals surface area contributed by atoms with E-state index in [4.69, 9.17) is 10.5 Å². The van der Waals surface area contributed by atoms with Crippen molar-refractivity contribution in [2.24, 2.45) is 0 Å². The molecule has 6 nitrogen and oxygen atoms in total. The number of aromatic nitrogens is 3. The van der Waals surface area contributed by atoms with Crippen LogP contribution >= 0.6 is 11.3 Å². The van der Waals surface area contributed by atoms with Gasteiger partial charge < -0.3 is 10.5 Å². The van der Waals surface area contributed by atoms with Gasteiger partial charge in [-0.1, -0.05) is 0 Å². The van der Waals surface area contributed by atoms with Crippen molar-refractivity contribution < 1.29 is 9.53 Å². The van der Waals surface area contributed by atoms with E-state index in [1.807, 2.05) is 13.8 Å². The number of carbonyl (C=O) groups excluding carboxylic acids is 1. The molecular formula is C12H16N4O2S. The lowest BCUT2D eigenvalue weighted by atomic mass is 10.1. The number of carbonyl (C=O) groups is 1. The molecule has 19 heavy (non-hydrogen) atoms. The number of ether oxygens (including phenoxy) is 1. The summed E-state index contributed by atoms with van der Waals surface area (Å²) in [6, 6.07) is 0.0864. The van der Waals surface area contributed by atoms with Crippen LogP contribution in [0.25, 0.3) is 0 Å². The third-order valence-corrected chi connectivity index (χ3v) is 3.37. The van der Waals surface area contributed by atoms with Gasteiger partial charge in [0.1, 0.15) is 5.69 Å². The minimum atomic E-state index is -0.0756. The predicted octanol–water partition coefficient (Wildman–Crippen LogP) is 1.94. The summed E-state index contributed by atoms with van der Waals surface area (Å²) >= 11 is 1.32. The molecule has 2 aromatic heterocycles. The van der Waals surface area contributed by atoms with E-state index in [1.54, 1.807) is 16.3 Å². The molecule has 0 aliphatic heterocycles. The number of Topliss-reactive ketones (excluding diaryl/α,β-unsaturated/α-hetero) is 1. The molecule has 0 amide bonds. The smallest absolute Gasteiger partial charge is 0.190 e. The van der Waals surface area contributed by atoms with E-state index in [0.717, 1.165) is 0 Å². The summed E-state index contributed by atoms with van der Waals surface area (Å²) in [7, 11) is 1.53. The number of ketones is 1. The predicted molar refractivity (Wildman–Crippen MR) is 73.7 cm³/mol. The zero-order chi connectivity index (χ0) is 14.0. The summed E-state index contributed by atoms with van der Waals surface area (Å²) in [4.78, 5) is 16.5. The van der Waals surface area contributed by atoms with Gasteiger partial charge in [0.2, 0.25) is 0 Å². The third-order valence-electron chi connectivity index (χ3n) is 2.65. The zero-order valence-electron chi connectivity index (χ0n) is 11.1. The maximum atomic E-state index is 12.4. The van der Waals surface area contributed by atoms with Gasteiger partial charge >= 0.3 is 0 Å². The van der Waals surface area contributed by atoms with Crippen LogP contribution in [0.1, 0.15) is 36.1 Å². The van der Waals surface area contributed by atoms with Crippen molar-refractivity contribution in [3.63, 3.8) is 0 Å². The maximum absolute atomic E-state index is 12.4. The molecular weight excluding hydrogens is 264 g/mol. The number of anilines is 1. The summed E-state index contributed by atoms with van der Waals surface area (Å²) < 4.78 is 6.86. The van der Waals surface area contributed by atoms with E-state index in [1.165, 1.54) is 18.4 Å². The Morgan fingerprint density at radius 1 is 1.58 bits per heavy atom. The van der Waals surface area contributed by atoms with Gasteiger partial charge in [-0.2, -0.15) is 5.10 Å². The van der Waals surface area contributed by atoms with Crippen molar-refractivity contribution >= 4 is 22.3 Å². The van der Waals surface area contributed by atoms with Crippen molar-refractivity contribution in [1.82, 2.24) is 14.8 Å². The molecule has 0 unspecified atom stereocenters. The monoisotopic (exact) mass is 280 g/mol. The van der Waals surface area contributed by atoms with E-state index < -0.39 is 0 Å². The lowest BCUT2D eigenvalue weighted by Crippen LogP contribution is -2.15. The van der Waals surface area contributed by atoms with Crippen LogP contribution in [0.3, 0.4) is 0 Å². The SMILES string of the molecule is COc1cnn(C(C)C)c1C(=O)Cc1csc(N)n1. The number of nitrogen functional groups attached to an aromatic ring is 1. The fourth-order valence-electron chi connectivity index (χ4n) is 1.80. The first-order chi connectivity index (χ1) is 9.02. The second kappa shape index (κ2) is 5.40. The van der Waals surface area contributed by atoms with Crippen LogP contribution in [0.5, 0.6) is 5.75 Å². The van der Waals surface area contributed by atoms with Crippen molar-refractivity contribution in [2.45, 2.75) is 26.3 Å². The molecule has 2 heterocycles. The number of nitrogens with two attached hydrogens (primary N) is 1. The first-order valence-corrected chi connectivity index (χ1v) is 6.75. The van der Waals surface area contributed by atoms with Crippen LogP contribution < -0.4 is 10.5 Å². The zero-order valence-corrected chi connectivity index (χ0v) is 11.9. The Kier molecular flexibility index (Phi) is 3.84. The lowest BCUT2D eigenvalue weighted by molar-refractivity contribution is 0.0977. The molecule has 0 aliphatic rings. The molecule has 0 bridgehead atoms. The van der Waals surface area contributed by atoms with Gasteiger partial charge in [0.05, 0.1) is 25.4 Å². The maximum Gasteiger partial charge on any atom is 0.190 e. The van der Waals surface area contributed by atoms with Gasteiger partial charge in [-0.05, 0) is 13.8 Å². The van der Waals surface area contributed by atoms with Crippen molar-refractivity contribution in [3.8, 4) is 5.75 Å². The van der Waals surface area contributed by atoms with Gasteiger partial charge in [-0.3, -0.25) is 9.48 Å². The molecule has 0 radical (unpaired) electrons. The number of hydrogen-bond acceptors (Lipinski definition) is 6. The standard InChI is InChI=1S/C12H16N4O2S/c1-7(2)16-11(10(18-3)5-14-16)9(17)4-8-6-19-12(13)15-8/h5-7H,4H2,1-3H3,(H2,13,15). The van der Waals surface area contributed by atoms with Crippen molar-refractivity contribution in [2.75, 3.05) is 12.8 Å². The Morgan fingerprint density at radius 3 is 2.84 bits per heavy atom. The van der Waals surface area contributed by atoms with Crippen LogP contribution in [0.15, 0.2) is 11.6 Å². The molecule has 0 saturated carbocycles. The Morgan fingerprint density at radius 2 is 2.32 bits per heavy atom. The van der Waals surface area contributed by atoms with E-state index in [9.17, 15) is 4.79 Å². The minimum absolute atomic E-state index is 0.0756. The van der Waals surface area contributed by atoms with Crippen molar-refractivity contribution in [1.29, 1.82) is 0 Å². The Balaban J connectivity index is 2.29. The van der Waals surface area contributed by atoms with E-state index in [0.29, 0.717) is 22.3 Å². The highest BCUT2D eigenvalue weighted by atomic mass is 32.1. The molecule has 102 valence electrons. The first-order valence-electron chi connectivity index (χ1n) is 5.87. The third kappa shape index (κ3) is 2.76. The van der Waals surface area contributed by atoms with Gasteiger partial charge in [0.15, 0.2) is 16.7 Å². The summed E-state index contributed by atoms with van der Waals surface area (Å²) in [5.74, 6) is 0.412. The number of thiazole rings is 1. The summed E-state index contributed by atoms with van der Waals surface area (Å²) in [5.41, 5.74) is 6.71. The lowest BCUT2D eigenvalue weighted by Gasteiger charge is -2.10. The van der Waals surface area contributed by atoms with Crippen LogP contribution in [0.4, 0.5) is 5.13 Å². The van der Waals surface area contributed by atoms with E-state index >= 15 is 0 Å². The summed E-state index contributed by atoms with van der Waals surface area (Å²) in [5, 5.41) is 6.44. The number of nitrogens with zero attached hydrogens (tertiary/aromatic N) is 3. The Hall–Kier alpha value is -1.89. The molecule has 0 fully saturated rings. The highest BCUT2D eigenvalue weighted by molar-refractivity contribution is 7.13. The second-order valence-electron chi connectivity index (χ2n) is 4.38. The average molecular weight is 280 g/mol. The quantitative estimate of drug-likeness (QED) is 0.846. The normalized spacial score (nSPS) is 10.9. The molecule has 0 atom stereocenters. The highest BCUT2D eigenvalue weighted by Gasteiger charge is 2.21. The molecule has 0 saturated heterocycles.